The standard InChI is InChI=1S/C30H51N5O7/c1-6-11-20(23(36)26(38)31-19-15-16-19)32-29(41)35-17-10-14-21(35)25(37)34-24(30(2,3)4)27(39)33-22(28(40)42-5)18-12-8-7-9-13-18/h18-24,36H,6-17H2,1-5H3,(H,31,38)(H,32,41)(H,33,39)(H,34,37)/t20-,21-,22-,23?,24+/m0/s1. The zero-order valence-electron chi connectivity index (χ0n) is 25.9. The van der Waals surface area contributed by atoms with Crippen LogP contribution in [0.3, 0.4) is 0 Å². The number of likely N-dealkylation sites (tertiary alicyclic amines) is 1. The van der Waals surface area contributed by atoms with Crippen molar-refractivity contribution in [3.05, 3.63) is 0 Å². The maximum atomic E-state index is 13.6. The van der Waals surface area contributed by atoms with Gasteiger partial charge in [0.2, 0.25) is 11.8 Å². The lowest BCUT2D eigenvalue weighted by Crippen LogP contribution is -2.61. The van der Waals surface area contributed by atoms with Crippen LogP contribution in [0.25, 0.3) is 0 Å². The second-order valence-corrected chi connectivity index (χ2v) is 13.1. The molecule has 0 aromatic heterocycles. The van der Waals surface area contributed by atoms with Crippen molar-refractivity contribution in [2.24, 2.45) is 11.3 Å². The lowest BCUT2D eigenvalue weighted by molar-refractivity contribution is -0.148. The molecule has 1 aliphatic heterocycles. The van der Waals surface area contributed by atoms with Gasteiger partial charge in [-0.15, -0.1) is 0 Å². The average Bonchev–Trinajstić information content (AvgIpc) is 3.63. The number of nitrogens with one attached hydrogen (secondary N) is 4. The maximum Gasteiger partial charge on any atom is 0.328 e. The number of aliphatic hydroxyl groups excluding tert-OH is 1. The van der Waals surface area contributed by atoms with Crippen LogP contribution < -0.4 is 21.3 Å². The summed E-state index contributed by atoms with van der Waals surface area (Å²) in [5.41, 5.74) is -0.691. The second kappa shape index (κ2) is 15.0. The van der Waals surface area contributed by atoms with Crippen LogP contribution in [0.15, 0.2) is 0 Å². The lowest BCUT2D eigenvalue weighted by atomic mass is 9.82. The molecule has 12 nitrogen and oxygen atoms in total. The Morgan fingerprint density at radius 3 is 2.14 bits per heavy atom. The third-order valence-corrected chi connectivity index (χ3v) is 8.59. The molecule has 3 rings (SSSR count). The van der Waals surface area contributed by atoms with Crippen LogP contribution in [0.2, 0.25) is 0 Å². The van der Waals surface area contributed by atoms with Gasteiger partial charge < -0.3 is 36.0 Å². The van der Waals surface area contributed by atoms with E-state index < -0.39 is 65.4 Å². The molecule has 1 heterocycles. The van der Waals surface area contributed by atoms with Gasteiger partial charge in [-0.2, -0.15) is 0 Å². The first-order valence-electron chi connectivity index (χ1n) is 15.6. The number of rotatable bonds is 12. The van der Waals surface area contributed by atoms with E-state index in [4.69, 9.17) is 4.74 Å². The highest BCUT2D eigenvalue weighted by molar-refractivity contribution is 5.94. The molecule has 1 unspecified atom stereocenters. The predicted molar refractivity (Wildman–Crippen MR) is 156 cm³/mol. The minimum atomic E-state index is -1.40. The Kier molecular flexibility index (Phi) is 12.0. The third-order valence-electron chi connectivity index (χ3n) is 8.59. The van der Waals surface area contributed by atoms with Crippen molar-refractivity contribution in [1.29, 1.82) is 0 Å². The fraction of sp³-hybridized carbons (Fsp3) is 0.833. The van der Waals surface area contributed by atoms with Crippen molar-refractivity contribution in [2.45, 2.75) is 135 Å². The van der Waals surface area contributed by atoms with Crippen molar-refractivity contribution in [2.75, 3.05) is 13.7 Å². The van der Waals surface area contributed by atoms with Crippen LogP contribution in [0.5, 0.6) is 0 Å². The molecule has 2 aliphatic carbocycles. The molecule has 0 radical (unpaired) electrons. The van der Waals surface area contributed by atoms with E-state index in [0.29, 0.717) is 32.2 Å². The number of aliphatic hydroxyl groups is 1. The molecule has 0 aromatic rings. The number of ether oxygens (including phenoxy) is 1. The van der Waals surface area contributed by atoms with Gasteiger partial charge >= 0.3 is 12.0 Å². The van der Waals surface area contributed by atoms with E-state index in [-0.39, 0.29) is 12.0 Å². The van der Waals surface area contributed by atoms with Crippen LogP contribution in [0, 0.1) is 11.3 Å². The molecular formula is C30H51N5O7. The number of amides is 5. The monoisotopic (exact) mass is 593 g/mol. The van der Waals surface area contributed by atoms with Gasteiger partial charge in [0.05, 0.1) is 13.2 Å². The third kappa shape index (κ3) is 9.05. The smallest absolute Gasteiger partial charge is 0.328 e. The van der Waals surface area contributed by atoms with Crippen molar-refractivity contribution in [1.82, 2.24) is 26.2 Å². The van der Waals surface area contributed by atoms with Crippen LogP contribution in [-0.4, -0.2) is 89.7 Å². The highest BCUT2D eigenvalue weighted by atomic mass is 16.5. The first-order chi connectivity index (χ1) is 19.9. The predicted octanol–water partition coefficient (Wildman–Crippen LogP) is 1.74. The molecule has 3 aliphatic rings. The van der Waals surface area contributed by atoms with Crippen molar-refractivity contribution in [3.63, 3.8) is 0 Å². The Morgan fingerprint density at radius 1 is 0.905 bits per heavy atom. The van der Waals surface area contributed by atoms with Crippen molar-refractivity contribution < 1.29 is 33.8 Å². The number of hydrogen-bond acceptors (Lipinski definition) is 7. The summed E-state index contributed by atoms with van der Waals surface area (Å²) in [6, 6.07) is -3.84. The Morgan fingerprint density at radius 2 is 1.57 bits per heavy atom. The Hall–Kier alpha value is -2.89. The van der Waals surface area contributed by atoms with Crippen LogP contribution in [0.4, 0.5) is 4.79 Å². The Bertz CT molecular complexity index is 974. The van der Waals surface area contributed by atoms with Gasteiger partial charge in [0, 0.05) is 12.6 Å². The van der Waals surface area contributed by atoms with Crippen molar-refractivity contribution in [3.8, 4) is 0 Å². The summed E-state index contributed by atoms with van der Waals surface area (Å²) in [6.07, 6.45) is 7.08. The molecule has 238 valence electrons. The van der Waals surface area contributed by atoms with Crippen LogP contribution >= 0.6 is 0 Å². The van der Waals surface area contributed by atoms with Crippen molar-refractivity contribution >= 4 is 29.7 Å². The molecule has 5 atom stereocenters. The molecule has 12 heteroatoms. The number of methoxy groups -OCH3 is 1. The topological polar surface area (TPSA) is 166 Å². The lowest BCUT2D eigenvalue weighted by Gasteiger charge is -2.35. The number of esters is 1. The number of hydrogen-bond donors (Lipinski definition) is 5. The summed E-state index contributed by atoms with van der Waals surface area (Å²) < 4.78 is 5.00. The van der Waals surface area contributed by atoms with E-state index in [1.807, 2.05) is 27.7 Å². The molecule has 1 saturated heterocycles. The summed E-state index contributed by atoms with van der Waals surface area (Å²) in [7, 11) is 1.30. The summed E-state index contributed by atoms with van der Waals surface area (Å²) >= 11 is 0. The minimum Gasteiger partial charge on any atom is -0.467 e. The number of carbonyl (C=O) groups is 5. The van der Waals surface area contributed by atoms with E-state index in [0.717, 1.165) is 44.9 Å². The van der Waals surface area contributed by atoms with Gasteiger partial charge in [0.15, 0.2) is 6.10 Å². The number of nitrogens with zero attached hydrogens (tertiary/aromatic N) is 1. The van der Waals surface area contributed by atoms with E-state index in [1.165, 1.54) is 12.0 Å². The van der Waals surface area contributed by atoms with Crippen LogP contribution in [0.1, 0.15) is 98.3 Å². The minimum absolute atomic E-state index is 0.0294. The summed E-state index contributed by atoms with van der Waals surface area (Å²) in [5.74, 6) is -1.98. The van der Waals surface area contributed by atoms with E-state index in [2.05, 4.69) is 21.3 Å². The zero-order valence-corrected chi connectivity index (χ0v) is 25.9. The largest absolute Gasteiger partial charge is 0.467 e. The highest BCUT2D eigenvalue weighted by Crippen LogP contribution is 2.28. The van der Waals surface area contributed by atoms with E-state index in [1.54, 1.807) is 0 Å². The van der Waals surface area contributed by atoms with E-state index in [9.17, 15) is 29.1 Å². The number of carbonyl (C=O) groups excluding carboxylic acids is 5. The Balaban J connectivity index is 1.68. The fourth-order valence-electron chi connectivity index (χ4n) is 5.95. The molecule has 2 saturated carbocycles. The van der Waals surface area contributed by atoms with Gasteiger partial charge in [0.1, 0.15) is 18.1 Å². The first-order valence-corrected chi connectivity index (χ1v) is 15.6. The van der Waals surface area contributed by atoms with Gasteiger partial charge in [0.25, 0.3) is 5.91 Å². The second-order valence-electron chi connectivity index (χ2n) is 13.1. The molecule has 42 heavy (non-hydrogen) atoms. The Labute approximate surface area is 249 Å². The highest BCUT2D eigenvalue weighted by Gasteiger charge is 2.42. The van der Waals surface area contributed by atoms with Crippen LogP contribution in [-0.2, 0) is 23.9 Å². The van der Waals surface area contributed by atoms with E-state index >= 15 is 0 Å². The molecule has 0 spiro atoms. The SMILES string of the molecule is CCC[C@H](NC(=O)N1CCC[C@H]1C(=O)N[C@H](C(=O)N[C@H](C(=O)OC)C1CCCCC1)C(C)(C)C)C(O)C(=O)NC1CC1. The van der Waals surface area contributed by atoms with Gasteiger partial charge in [-0.25, -0.2) is 9.59 Å². The summed E-state index contributed by atoms with van der Waals surface area (Å²) in [5, 5.41) is 21.9. The van der Waals surface area contributed by atoms with Gasteiger partial charge in [-0.3, -0.25) is 14.4 Å². The normalized spacial score (nSPS) is 22.3. The average molecular weight is 594 g/mol. The molecule has 0 aromatic carbocycles. The summed E-state index contributed by atoms with van der Waals surface area (Å²) in [6.45, 7) is 7.70. The van der Waals surface area contributed by atoms with Gasteiger partial charge in [-0.05, 0) is 56.3 Å². The molecule has 5 N–H and O–H groups in total. The summed E-state index contributed by atoms with van der Waals surface area (Å²) in [4.78, 5) is 66.9. The fourth-order valence-corrected chi connectivity index (χ4v) is 5.95. The quantitative estimate of drug-likeness (QED) is 0.215. The molecular weight excluding hydrogens is 542 g/mol. The molecule has 5 amide bonds. The van der Waals surface area contributed by atoms with Gasteiger partial charge in [-0.1, -0.05) is 53.4 Å². The molecule has 0 bridgehead atoms. The maximum absolute atomic E-state index is 13.6. The number of urea groups is 1. The zero-order chi connectivity index (χ0) is 31.0. The molecule has 3 fully saturated rings. The first kappa shape index (κ1) is 33.6.